The van der Waals surface area contributed by atoms with Crippen LogP contribution >= 0.6 is 0 Å². The Morgan fingerprint density at radius 3 is 1.22 bits per heavy atom. The highest BCUT2D eigenvalue weighted by Gasteiger charge is 2.53. The van der Waals surface area contributed by atoms with Gasteiger partial charge in [-0.05, 0) is 41.5 Å². The lowest BCUT2D eigenvalue weighted by atomic mass is 9.81. The maximum Gasteiger partial charge on any atom is 0.163 e. The van der Waals surface area contributed by atoms with Crippen LogP contribution in [0.25, 0.3) is 0 Å². The molecular weight excluding hydrogens is 348 g/mol. The summed E-state index contributed by atoms with van der Waals surface area (Å²) in [4.78, 5) is 0. The van der Waals surface area contributed by atoms with E-state index in [-0.39, 0.29) is 42.2 Å². The molecule has 1 unspecified atom stereocenters. The summed E-state index contributed by atoms with van der Waals surface area (Å²) in [6.07, 6.45) is -0.312. The monoisotopic (exact) mass is 386 g/mol. The molecular formula is C21H38O6. The fourth-order valence-electron chi connectivity index (χ4n) is 4.41. The van der Waals surface area contributed by atoms with E-state index >= 15 is 0 Å². The van der Waals surface area contributed by atoms with Crippen LogP contribution < -0.4 is 0 Å². The zero-order valence-electron chi connectivity index (χ0n) is 18.4. The molecule has 0 saturated carbocycles. The smallest absolute Gasteiger partial charge is 0.163 e. The van der Waals surface area contributed by atoms with Crippen molar-refractivity contribution in [2.45, 2.75) is 104 Å². The van der Waals surface area contributed by atoms with Crippen LogP contribution in [-0.4, -0.2) is 55.0 Å². The van der Waals surface area contributed by atoms with Gasteiger partial charge in [-0.3, -0.25) is 0 Å². The van der Waals surface area contributed by atoms with Gasteiger partial charge < -0.3 is 28.4 Å². The minimum Gasteiger partial charge on any atom is -0.350 e. The van der Waals surface area contributed by atoms with Crippen molar-refractivity contribution >= 4 is 0 Å². The molecule has 0 N–H and O–H groups in total. The normalized spacial score (nSPS) is 46.8. The van der Waals surface area contributed by atoms with Gasteiger partial charge in [0.25, 0.3) is 0 Å². The van der Waals surface area contributed by atoms with E-state index in [9.17, 15) is 0 Å². The quantitative estimate of drug-likeness (QED) is 0.721. The van der Waals surface area contributed by atoms with Crippen LogP contribution in [0, 0.1) is 17.8 Å². The summed E-state index contributed by atoms with van der Waals surface area (Å²) >= 11 is 0. The van der Waals surface area contributed by atoms with Gasteiger partial charge in [-0.15, -0.1) is 0 Å². The molecule has 0 amide bonds. The van der Waals surface area contributed by atoms with E-state index < -0.39 is 17.4 Å². The molecule has 3 aliphatic heterocycles. The summed E-state index contributed by atoms with van der Waals surface area (Å²) < 4.78 is 37.1. The summed E-state index contributed by atoms with van der Waals surface area (Å²) in [6, 6.07) is 0. The van der Waals surface area contributed by atoms with E-state index in [1.54, 1.807) is 0 Å². The Balaban J connectivity index is 1.86. The topological polar surface area (TPSA) is 55.4 Å². The molecule has 3 rings (SSSR count). The second kappa shape index (κ2) is 7.22. The number of ether oxygens (including phenoxy) is 6. The first kappa shape index (κ1) is 21.5. The third-order valence-corrected chi connectivity index (χ3v) is 5.87. The second-order valence-corrected chi connectivity index (χ2v) is 9.97. The van der Waals surface area contributed by atoms with Crippen LogP contribution in [0.15, 0.2) is 0 Å². The first-order valence-corrected chi connectivity index (χ1v) is 10.3. The van der Waals surface area contributed by atoms with Crippen molar-refractivity contribution in [1.82, 2.24) is 0 Å². The van der Waals surface area contributed by atoms with E-state index in [2.05, 4.69) is 20.8 Å². The summed E-state index contributed by atoms with van der Waals surface area (Å²) in [7, 11) is 0. The van der Waals surface area contributed by atoms with Gasteiger partial charge in [-0.1, -0.05) is 20.8 Å². The van der Waals surface area contributed by atoms with Crippen molar-refractivity contribution < 1.29 is 28.4 Å². The fourth-order valence-corrected chi connectivity index (χ4v) is 4.41. The van der Waals surface area contributed by atoms with Crippen LogP contribution in [-0.2, 0) is 28.4 Å². The number of rotatable bonds is 2. The van der Waals surface area contributed by atoms with Crippen LogP contribution in [0.2, 0.25) is 0 Å². The average Bonchev–Trinajstić information content (AvgIpc) is 2.54. The van der Waals surface area contributed by atoms with Crippen LogP contribution in [0.3, 0.4) is 0 Å². The van der Waals surface area contributed by atoms with Crippen molar-refractivity contribution in [3.63, 3.8) is 0 Å². The van der Waals surface area contributed by atoms with E-state index in [1.807, 2.05) is 41.5 Å². The van der Waals surface area contributed by atoms with Gasteiger partial charge in [0.1, 0.15) is 0 Å². The molecule has 0 radical (unpaired) electrons. The Morgan fingerprint density at radius 2 is 0.852 bits per heavy atom. The van der Waals surface area contributed by atoms with Crippen molar-refractivity contribution in [2.75, 3.05) is 13.2 Å². The van der Waals surface area contributed by atoms with Crippen molar-refractivity contribution in [2.24, 2.45) is 17.8 Å². The predicted octanol–water partition coefficient (Wildman–Crippen LogP) is 3.72. The van der Waals surface area contributed by atoms with Gasteiger partial charge in [0, 0.05) is 17.8 Å². The largest absolute Gasteiger partial charge is 0.350 e. The molecule has 0 aromatic heterocycles. The molecule has 0 bridgehead atoms. The van der Waals surface area contributed by atoms with Gasteiger partial charge in [-0.2, -0.15) is 0 Å². The van der Waals surface area contributed by atoms with Gasteiger partial charge in [0.2, 0.25) is 0 Å². The average molecular weight is 387 g/mol. The van der Waals surface area contributed by atoms with Crippen LogP contribution in [0.1, 0.15) is 62.3 Å². The molecule has 3 aliphatic rings. The van der Waals surface area contributed by atoms with Crippen LogP contribution in [0.4, 0.5) is 0 Å². The maximum atomic E-state index is 6.41. The molecule has 3 fully saturated rings. The van der Waals surface area contributed by atoms with Gasteiger partial charge >= 0.3 is 0 Å². The highest BCUT2D eigenvalue weighted by atomic mass is 16.8. The minimum atomic E-state index is -0.709. The standard InChI is InChI=1S/C21H38O6/c1-12-10-22-19(4,5)24-15(12)17-14(3)18(27-21(8,9)26-17)16-13(2)11-23-20(6,7)25-16/h12-18H,10-11H2,1-9H3/t12-,13+,14?,15-,16+,17-,18+. The predicted molar refractivity (Wildman–Crippen MR) is 101 cm³/mol. The summed E-state index contributed by atoms with van der Waals surface area (Å²) in [6.45, 7) is 19.6. The van der Waals surface area contributed by atoms with Gasteiger partial charge in [-0.25, -0.2) is 0 Å². The molecule has 158 valence electrons. The lowest BCUT2D eigenvalue weighted by molar-refractivity contribution is -0.396. The lowest BCUT2D eigenvalue weighted by Crippen LogP contribution is -2.64. The zero-order chi connectivity index (χ0) is 20.2. The third kappa shape index (κ3) is 4.68. The van der Waals surface area contributed by atoms with Gasteiger partial charge in [0.05, 0.1) is 37.6 Å². The van der Waals surface area contributed by atoms with E-state index in [0.717, 1.165) is 0 Å². The third-order valence-electron chi connectivity index (χ3n) is 5.87. The lowest BCUT2D eigenvalue weighted by Gasteiger charge is -2.54. The second-order valence-electron chi connectivity index (χ2n) is 9.97. The SMILES string of the molecule is CC1[C@H]([C@@H]2OC(C)(C)OC[C@H]2C)OC(C)(C)O[C@@H]1[C@H]1OC(C)(C)OC[C@@H]1C. The molecule has 3 heterocycles. The fraction of sp³-hybridized carbons (Fsp3) is 1.00. The summed E-state index contributed by atoms with van der Waals surface area (Å²) in [5.74, 6) is -1.33. The maximum absolute atomic E-state index is 6.41. The van der Waals surface area contributed by atoms with Crippen molar-refractivity contribution in [3.8, 4) is 0 Å². The number of hydrogen-bond donors (Lipinski definition) is 0. The van der Waals surface area contributed by atoms with Crippen molar-refractivity contribution in [1.29, 1.82) is 0 Å². The number of hydrogen-bond acceptors (Lipinski definition) is 6. The Kier molecular flexibility index (Phi) is 5.74. The van der Waals surface area contributed by atoms with Gasteiger partial charge in [0.15, 0.2) is 17.4 Å². The summed E-state index contributed by atoms with van der Waals surface area (Å²) in [5.41, 5.74) is 0. The Labute approximate surface area is 164 Å². The highest BCUT2D eigenvalue weighted by molar-refractivity contribution is 4.96. The molecule has 0 spiro atoms. The highest BCUT2D eigenvalue weighted by Crippen LogP contribution is 2.42. The van der Waals surface area contributed by atoms with E-state index in [0.29, 0.717) is 13.2 Å². The molecule has 27 heavy (non-hydrogen) atoms. The Hall–Kier alpha value is -0.240. The Bertz CT molecular complexity index is 487. The molecule has 0 aromatic rings. The van der Waals surface area contributed by atoms with Crippen LogP contribution in [0.5, 0.6) is 0 Å². The first-order valence-electron chi connectivity index (χ1n) is 10.3. The molecule has 6 nitrogen and oxygen atoms in total. The molecule has 0 aliphatic carbocycles. The molecule has 3 saturated heterocycles. The first-order chi connectivity index (χ1) is 12.3. The summed E-state index contributed by atoms with van der Waals surface area (Å²) in [5, 5.41) is 0. The van der Waals surface area contributed by atoms with E-state index in [1.165, 1.54) is 0 Å². The molecule has 0 aromatic carbocycles. The molecule has 6 heteroatoms. The zero-order valence-corrected chi connectivity index (χ0v) is 18.4. The molecule has 7 atom stereocenters. The Morgan fingerprint density at radius 1 is 0.519 bits per heavy atom. The minimum absolute atomic E-state index is 0.0578. The van der Waals surface area contributed by atoms with E-state index in [4.69, 9.17) is 28.4 Å². The van der Waals surface area contributed by atoms with Crippen molar-refractivity contribution in [3.05, 3.63) is 0 Å².